The van der Waals surface area contributed by atoms with Crippen LogP contribution in [0.25, 0.3) is 11.0 Å². The van der Waals surface area contributed by atoms with Crippen LogP contribution in [0.15, 0.2) is 34.9 Å². The summed E-state index contributed by atoms with van der Waals surface area (Å²) >= 11 is 0. The zero-order valence-electron chi connectivity index (χ0n) is 19.9. The average molecular weight is 450 g/mol. The summed E-state index contributed by atoms with van der Waals surface area (Å²) in [5.74, 6) is 0.987. The fraction of sp³-hybridized carbons (Fsp3) is 0.654. The zero-order valence-corrected chi connectivity index (χ0v) is 19.9. The predicted octanol–water partition coefficient (Wildman–Crippen LogP) is 3.87. The predicted molar refractivity (Wildman–Crippen MR) is 128 cm³/mol. The molecule has 2 bridgehead atoms. The van der Waals surface area contributed by atoms with Crippen molar-refractivity contribution in [3.63, 3.8) is 0 Å². The van der Waals surface area contributed by atoms with Crippen molar-refractivity contribution in [2.75, 3.05) is 6.54 Å². The molecule has 7 heteroatoms. The molecule has 1 aromatic heterocycles. The van der Waals surface area contributed by atoms with E-state index in [0.29, 0.717) is 24.7 Å². The van der Waals surface area contributed by atoms with E-state index in [0.717, 1.165) is 42.3 Å². The Balaban J connectivity index is 1.24. The first-order valence-corrected chi connectivity index (χ1v) is 12.7. The zero-order chi connectivity index (χ0) is 22.8. The van der Waals surface area contributed by atoms with E-state index in [4.69, 9.17) is 13.7 Å². The molecule has 3 heterocycles. The number of hydrogen-bond acceptors (Lipinski definition) is 5. The minimum atomic E-state index is -0.454. The minimum Gasteiger partial charge on any atom is -0.464 e. The first-order chi connectivity index (χ1) is 15.8. The van der Waals surface area contributed by atoms with Crippen LogP contribution in [0.1, 0.15) is 58.4 Å². The third-order valence-electron chi connectivity index (χ3n) is 9.24. The molecule has 33 heavy (non-hydrogen) atoms. The van der Waals surface area contributed by atoms with E-state index in [9.17, 15) is 4.79 Å². The van der Waals surface area contributed by atoms with Crippen LogP contribution in [0.3, 0.4) is 0 Å². The lowest BCUT2D eigenvalue weighted by Crippen LogP contribution is -2.65. The molecule has 1 aromatic carbocycles. The number of carbonyl (C=O) groups is 1. The molecule has 3 saturated carbocycles. The van der Waals surface area contributed by atoms with Gasteiger partial charge in [-0.05, 0) is 74.5 Å². The highest BCUT2D eigenvalue weighted by atomic mass is 16.7. The summed E-state index contributed by atoms with van der Waals surface area (Å²) in [6.45, 7) is 7.97. The Morgan fingerprint density at radius 1 is 1.27 bits per heavy atom. The summed E-state index contributed by atoms with van der Waals surface area (Å²) in [5, 5.41) is 7.81. The van der Waals surface area contributed by atoms with Gasteiger partial charge in [-0.15, -0.1) is 0 Å². The van der Waals surface area contributed by atoms with Crippen molar-refractivity contribution in [2.45, 2.75) is 83.0 Å². The Labute approximate surface area is 196 Å². The maximum absolute atomic E-state index is 13.0. The fourth-order valence-electron chi connectivity index (χ4n) is 7.13. The molecule has 2 saturated heterocycles. The van der Waals surface area contributed by atoms with Crippen LogP contribution in [0.2, 0.25) is 0 Å². The van der Waals surface area contributed by atoms with Crippen molar-refractivity contribution in [2.24, 2.45) is 17.3 Å². The second-order valence-corrected chi connectivity index (χ2v) is 11.5. The molecule has 0 radical (unpaired) electrons. The Morgan fingerprint density at radius 3 is 2.91 bits per heavy atom. The van der Waals surface area contributed by atoms with E-state index in [1.54, 1.807) is 0 Å². The second kappa shape index (κ2) is 7.86. The maximum Gasteiger partial charge on any atom is 0.482 e. The number of rotatable bonds is 6. The normalized spacial score (nSPS) is 35.3. The van der Waals surface area contributed by atoms with Crippen LogP contribution in [-0.4, -0.2) is 43.3 Å². The van der Waals surface area contributed by atoms with E-state index in [2.05, 4.69) is 37.5 Å². The van der Waals surface area contributed by atoms with Crippen molar-refractivity contribution in [1.29, 1.82) is 0 Å². The van der Waals surface area contributed by atoms with Gasteiger partial charge >= 0.3 is 7.12 Å². The van der Waals surface area contributed by atoms with Crippen LogP contribution < -0.4 is 10.6 Å². The minimum absolute atomic E-state index is 0.0593. The molecule has 5 aliphatic rings. The standard InChI is InChI=1S/C26H35BN2O4/c1-25(2)17-12-21(25)26(3)22(13-17)32-27(33-26)23(29-24(30)14-18-7-6-10-28-18)11-16-15-31-20-9-5-4-8-19(16)20/h4-5,8-9,15,17-18,21-23,28H,6-7,10-14H2,1-3H3,(H,29,30)/t17-,18+,21-,22+,23-,26-/m0/s1. The Bertz CT molecular complexity index is 1050. The van der Waals surface area contributed by atoms with Gasteiger partial charge in [0.25, 0.3) is 0 Å². The Morgan fingerprint density at radius 2 is 2.12 bits per heavy atom. The lowest BCUT2D eigenvalue weighted by atomic mass is 9.43. The van der Waals surface area contributed by atoms with Crippen molar-refractivity contribution in [3.05, 3.63) is 36.1 Å². The van der Waals surface area contributed by atoms with Crippen LogP contribution >= 0.6 is 0 Å². The summed E-state index contributed by atoms with van der Waals surface area (Å²) in [7, 11) is -0.454. The van der Waals surface area contributed by atoms with Crippen molar-refractivity contribution < 1.29 is 18.5 Å². The molecule has 0 unspecified atom stereocenters. The van der Waals surface area contributed by atoms with Crippen molar-refractivity contribution in [3.8, 4) is 0 Å². The van der Waals surface area contributed by atoms with Gasteiger partial charge in [-0.3, -0.25) is 4.79 Å². The third-order valence-corrected chi connectivity index (χ3v) is 9.24. The summed E-state index contributed by atoms with van der Waals surface area (Å²) < 4.78 is 19.1. The third kappa shape index (κ3) is 3.55. The molecule has 2 aromatic rings. The molecule has 7 rings (SSSR count). The van der Waals surface area contributed by atoms with Crippen LogP contribution in [0, 0.1) is 17.3 Å². The van der Waals surface area contributed by atoms with E-state index in [1.165, 1.54) is 6.42 Å². The monoisotopic (exact) mass is 450 g/mol. The van der Waals surface area contributed by atoms with Gasteiger partial charge in [0.2, 0.25) is 5.91 Å². The van der Waals surface area contributed by atoms with Gasteiger partial charge < -0.3 is 24.4 Å². The van der Waals surface area contributed by atoms with E-state index < -0.39 is 7.12 Å². The van der Waals surface area contributed by atoms with Crippen LogP contribution in [0.5, 0.6) is 0 Å². The number of hydrogen-bond donors (Lipinski definition) is 2. The average Bonchev–Trinajstić information content (AvgIpc) is 3.51. The summed E-state index contributed by atoms with van der Waals surface area (Å²) in [4.78, 5) is 13.0. The van der Waals surface area contributed by atoms with Crippen LogP contribution in [-0.2, 0) is 20.5 Å². The molecule has 6 nitrogen and oxygen atoms in total. The van der Waals surface area contributed by atoms with E-state index in [-0.39, 0.29) is 35.0 Å². The lowest BCUT2D eigenvalue weighted by Gasteiger charge is -2.64. The topological polar surface area (TPSA) is 72.7 Å². The number of fused-ring (bicyclic) bond motifs is 1. The molecular weight excluding hydrogens is 415 g/mol. The van der Waals surface area contributed by atoms with Crippen molar-refractivity contribution in [1.82, 2.24) is 10.6 Å². The van der Waals surface area contributed by atoms with Gasteiger partial charge in [0, 0.05) is 17.8 Å². The molecule has 0 spiro atoms. The number of benzene rings is 1. The van der Waals surface area contributed by atoms with Gasteiger partial charge in [-0.2, -0.15) is 0 Å². The summed E-state index contributed by atoms with van der Waals surface area (Å²) in [6, 6.07) is 8.31. The van der Waals surface area contributed by atoms with Crippen molar-refractivity contribution >= 4 is 24.0 Å². The van der Waals surface area contributed by atoms with Crippen LogP contribution in [0.4, 0.5) is 0 Å². The molecule has 1 amide bonds. The first kappa shape index (κ1) is 21.7. The molecule has 176 valence electrons. The largest absolute Gasteiger partial charge is 0.482 e. The molecule has 5 fully saturated rings. The molecule has 2 aliphatic heterocycles. The number of amides is 1. The highest BCUT2D eigenvalue weighted by molar-refractivity contribution is 6.48. The summed E-state index contributed by atoms with van der Waals surface area (Å²) in [5.41, 5.74) is 1.94. The number of furan rings is 1. The van der Waals surface area contributed by atoms with E-state index in [1.807, 2.05) is 24.5 Å². The second-order valence-electron chi connectivity index (χ2n) is 11.5. The summed E-state index contributed by atoms with van der Waals surface area (Å²) in [6.07, 6.45) is 7.46. The van der Waals surface area contributed by atoms with E-state index >= 15 is 0 Å². The smallest absolute Gasteiger partial charge is 0.464 e. The molecule has 6 atom stereocenters. The first-order valence-electron chi connectivity index (χ1n) is 12.7. The Kier molecular flexibility index (Phi) is 5.16. The number of carbonyl (C=O) groups excluding carboxylic acids is 1. The lowest BCUT2D eigenvalue weighted by molar-refractivity contribution is -0.199. The quantitative estimate of drug-likeness (QED) is 0.654. The maximum atomic E-state index is 13.0. The molecule has 3 aliphatic carbocycles. The number of nitrogens with one attached hydrogen (secondary N) is 2. The Hall–Kier alpha value is -1.83. The number of para-hydroxylation sites is 1. The highest BCUT2D eigenvalue weighted by Gasteiger charge is 2.68. The van der Waals surface area contributed by atoms with Gasteiger partial charge in [-0.1, -0.05) is 32.0 Å². The highest BCUT2D eigenvalue weighted by Crippen LogP contribution is 2.65. The fourth-order valence-corrected chi connectivity index (χ4v) is 7.13. The SMILES string of the molecule is CC1(C)[C@@H]2C[C@H]3OB([C@H](Cc4coc5ccccc45)NC(=O)C[C@H]4CCCN4)O[C@@]3(C)[C@H]1C2. The van der Waals surface area contributed by atoms with Gasteiger partial charge in [0.05, 0.1) is 23.9 Å². The molecular formula is C26H35BN2O4. The van der Waals surface area contributed by atoms with Gasteiger partial charge in [-0.25, -0.2) is 0 Å². The molecule has 2 N–H and O–H groups in total. The van der Waals surface area contributed by atoms with Gasteiger partial charge in [0.1, 0.15) is 5.58 Å². The van der Waals surface area contributed by atoms with Gasteiger partial charge in [0.15, 0.2) is 0 Å².